The number of anilines is 3. The normalized spacial score (nSPS) is 15.5. The number of hydrogen-bond acceptors (Lipinski definition) is 7. The third kappa shape index (κ3) is 4.98. The smallest absolute Gasteiger partial charge is 0.227 e. The Bertz CT molecular complexity index is 1640. The molecule has 1 atom stereocenters. The van der Waals surface area contributed by atoms with Gasteiger partial charge >= 0.3 is 0 Å². The number of aromatic nitrogens is 4. The summed E-state index contributed by atoms with van der Waals surface area (Å²) in [4.78, 5) is 18.6. The van der Waals surface area contributed by atoms with Gasteiger partial charge < -0.3 is 25.3 Å². The average Bonchev–Trinajstić information content (AvgIpc) is 3.36. The minimum atomic E-state index is -0.574. The number of pyridine rings is 1. The molecule has 0 bridgehead atoms. The van der Waals surface area contributed by atoms with Crippen LogP contribution in [0.1, 0.15) is 6.92 Å². The summed E-state index contributed by atoms with van der Waals surface area (Å²) in [6, 6.07) is 13.8. The second-order valence-corrected chi connectivity index (χ2v) is 9.53. The first kappa shape index (κ1) is 24.7. The second kappa shape index (κ2) is 10.3. The largest absolute Gasteiger partial charge is 0.495 e. The highest BCUT2D eigenvalue weighted by Crippen LogP contribution is 2.37. The maximum Gasteiger partial charge on any atom is 0.227 e. The van der Waals surface area contributed by atoms with Crippen LogP contribution in [-0.2, 0) is 0 Å². The summed E-state index contributed by atoms with van der Waals surface area (Å²) in [5, 5.41) is 7.54. The number of nitrogens with one attached hydrogen (secondary N) is 3. The van der Waals surface area contributed by atoms with E-state index in [-0.39, 0.29) is 5.82 Å². The van der Waals surface area contributed by atoms with Crippen LogP contribution in [0, 0.1) is 11.8 Å². The molecule has 10 heteroatoms. The second-order valence-electron chi connectivity index (χ2n) is 9.53. The number of piperazine rings is 1. The van der Waals surface area contributed by atoms with Crippen molar-refractivity contribution in [3.8, 4) is 28.1 Å². The van der Waals surface area contributed by atoms with Gasteiger partial charge in [0.2, 0.25) is 11.9 Å². The molecule has 8 nitrogen and oxygen atoms in total. The molecule has 3 N–H and O–H groups in total. The van der Waals surface area contributed by atoms with Crippen molar-refractivity contribution in [2.75, 3.05) is 37.0 Å². The van der Waals surface area contributed by atoms with Crippen LogP contribution in [0.5, 0.6) is 5.75 Å². The van der Waals surface area contributed by atoms with Crippen LogP contribution >= 0.6 is 0 Å². The van der Waals surface area contributed by atoms with Gasteiger partial charge in [-0.1, -0.05) is 0 Å². The number of fused-ring (bicyclic) bond motifs is 1. The molecule has 1 aliphatic heterocycles. The standard InChI is InChI=1S/C29H27F2N7O/c1-17-16-38(10-9-32-17)25-7-5-20(12-26(25)39-2)36-29-35-14-22(18-3-8-27(31)34-13-18)28(37-29)23-15-33-24-11-19(30)4-6-21(23)24/h3-8,11-15,17,32-33H,9-10,16H2,1-2H3,(H,35,36,37)/t17-/m0/s1. The van der Waals surface area contributed by atoms with Gasteiger partial charge in [-0.05, 0) is 49.4 Å². The zero-order chi connectivity index (χ0) is 26.9. The van der Waals surface area contributed by atoms with E-state index < -0.39 is 5.95 Å². The summed E-state index contributed by atoms with van der Waals surface area (Å²) in [7, 11) is 1.66. The van der Waals surface area contributed by atoms with Gasteiger partial charge in [-0.15, -0.1) is 0 Å². The lowest BCUT2D eigenvalue weighted by molar-refractivity contribution is 0.410. The van der Waals surface area contributed by atoms with E-state index in [0.717, 1.165) is 47.7 Å². The fourth-order valence-electron chi connectivity index (χ4n) is 4.98. The molecule has 3 aromatic heterocycles. The Morgan fingerprint density at radius 2 is 1.92 bits per heavy atom. The predicted octanol–water partition coefficient (Wildman–Crippen LogP) is 5.52. The number of benzene rings is 2. The Hall–Kier alpha value is -4.57. The molecule has 1 aliphatic rings. The molecule has 4 heterocycles. The highest BCUT2D eigenvalue weighted by atomic mass is 19.1. The van der Waals surface area contributed by atoms with Crippen molar-refractivity contribution >= 4 is 28.2 Å². The fraction of sp³-hybridized carbons (Fsp3) is 0.207. The molecule has 0 radical (unpaired) electrons. The van der Waals surface area contributed by atoms with E-state index in [9.17, 15) is 8.78 Å². The molecule has 1 saturated heterocycles. The minimum Gasteiger partial charge on any atom is -0.495 e. The first-order valence-corrected chi connectivity index (χ1v) is 12.7. The van der Waals surface area contributed by atoms with Gasteiger partial charge in [-0.2, -0.15) is 4.39 Å². The van der Waals surface area contributed by atoms with Crippen molar-refractivity contribution in [2.45, 2.75) is 13.0 Å². The molecule has 0 saturated carbocycles. The summed E-state index contributed by atoms with van der Waals surface area (Å²) in [6.07, 6.45) is 4.90. The van der Waals surface area contributed by atoms with Crippen LogP contribution < -0.4 is 20.3 Å². The summed E-state index contributed by atoms with van der Waals surface area (Å²) in [5.41, 5.74) is 5.12. The van der Waals surface area contributed by atoms with Crippen LogP contribution in [0.15, 0.2) is 67.1 Å². The zero-order valence-corrected chi connectivity index (χ0v) is 21.5. The van der Waals surface area contributed by atoms with E-state index in [1.165, 1.54) is 24.4 Å². The molecule has 5 aromatic rings. The van der Waals surface area contributed by atoms with E-state index in [2.05, 4.69) is 37.4 Å². The number of halogens is 2. The summed E-state index contributed by atoms with van der Waals surface area (Å²) < 4.78 is 33.1. The SMILES string of the molecule is COc1cc(Nc2ncc(-c3ccc(F)nc3)c(-c3c[nH]c4cc(F)ccc34)n2)ccc1N1CCN[C@@H](C)C1. The molecule has 39 heavy (non-hydrogen) atoms. The van der Waals surface area contributed by atoms with Crippen LogP contribution in [0.3, 0.4) is 0 Å². The predicted molar refractivity (Wildman–Crippen MR) is 148 cm³/mol. The monoisotopic (exact) mass is 527 g/mol. The van der Waals surface area contributed by atoms with Crippen LogP contribution in [-0.4, -0.2) is 52.7 Å². The minimum absolute atomic E-state index is 0.337. The number of H-pyrrole nitrogens is 1. The third-order valence-corrected chi connectivity index (χ3v) is 6.87. The highest BCUT2D eigenvalue weighted by Gasteiger charge is 2.20. The molecule has 0 aliphatic carbocycles. The number of ether oxygens (including phenoxy) is 1. The first-order valence-electron chi connectivity index (χ1n) is 12.7. The van der Waals surface area contributed by atoms with Gasteiger partial charge in [0, 0.05) is 83.6 Å². The molecule has 0 spiro atoms. The van der Waals surface area contributed by atoms with Crippen LogP contribution in [0.25, 0.3) is 33.3 Å². The number of methoxy groups -OCH3 is 1. The van der Waals surface area contributed by atoms with Crippen molar-refractivity contribution in [2.24, 2.45) is 0 Å². The maximum atomic E-state index is 13.8. The summed E-state index contributed by atoms with van der Waals surface area (Å²) in [6.45, 7) is 4.87. The molecule has 0 unspecified atom stereocenters. The van der Waals surface area contributed by atoms with Gasteiger partial charge in [-0.25, -0.2) is 19.3 Å². The maximum absolute atomic E-state index is 13.8. The van der Waals surface area contributed by atoms with E-state index in [4.69, 9.17) is 9.72 Å². The number of hydrogen-bond donors (Lipinski definition) is 3. The Morgan fingerprint density at radius 1 is 1.03 bits per heavy atom. The summed E-state index contributed by atoms with van der Waals surface area (Å²) in [5.74, 6) is 0.208. The van der Waals surface area contributed by atoms with Gasteiger partial charge in [0.15, 0.2) is 0 Å². The van der Waals surface area contributed by atoms with Crippen LogP contribution in [0.2, 0.25) is 0 Å². The van der Waals surface area contributed by atoms with Crippen molar-refractivity contribution in [3.63, 3.8) is 0 Å². The lowest BCUT2D eigenvalue weighted by Crippen LogP contribution is -2.49. The average molecular weight is 528 g/mol. The molecule has 198 valence electrons. The van der Waals surface area contributed by atoms with E-state index in [1.807, 2.05) is 18.2 Å². The van der Waals surface area contributed by atoms with Crippen molar-refractivity contribution < 1.29 is 13.5 Å². The number of rotatable bonds is 6. The molecule has 1 fully saturated rings. The lowest BCUT2D eigenvalue weighted by Gasteiger charge is -2.34. The molecule has 6 rings (SSSR count). The molecule has 0 amide bonds. The van der Waals surface area contributed by atoms with E-state index in [1.54, 1.807) is 31.6 Å². The molecular weight excluding hydrogens is 500 g/mol. The van der Waals surface area contributed by atoms with Gasteiger partial charge in [0.25, 0.3) is 0 Å². The lowest BCUT2D eigenvalue weighted by atomic mass is 10.0. The Labute approximate surface area is 224 Å². The highest BCUT2D eigenvalue weighted by molar-refractivity contribution is 5.98. The number of aromatic amines is 1. The Morgan fingerprint density at radius 3 is 2.72 bits per heavy atom. The van der Waals surface area contributed by atoms with Gasteiger partial charge in [0.1, 0.15) is 11.6 Å². The van der Waals surface area contributed by atoms with Crippen LogP contribution in [0.4, 0.5) is 26.1 Å². The Kier molecular flexibility index (Phi) is 6.54. The number of nitrogens with zero attached hydrogens (tertiary/aromatic N) is 4. The third-order valence-electron chi connectivity index (χ3n) is 6.87. The zero-order valence-electron chi connectivity index (χ0n) is 21.5. The molecular formula is C29H27F2N7O. The topological polar surface area (TPSA) is 91.0 Å². The summed E-state index contributed by atoms with van der Waals surface area (Å²) >= 11 is 0. The van der Waals surface area contributed by atoms with Crippen molar-refractivity contribution in [1.82, 2.24) is 25.3 Å². The van der Waals surface area contributed by atoms with Crippen molar-refractivity contribution in [3.05, 3.63) is 78.9 Å². The van der Waals surface area contributed by atoms with E-state index >= 15 is 0 Å². The van der Waals surface area contributed by atoms with Gasteiger partial charge in [0.05, 0.1) is 18.5 Å². The van der Waals surface area contributed by atoms with E-state index in [0.29, 0.717) is 34.3 Å². The fourth-order valence-corrected chi connectivity index (χ4v) is 4.98. The first-order chi connectivity index (χ1) is 19.0. The quantitative estimate of drug-likeness (QED) is 0.251. The van der Waals surface area contributed by atoms with Gasteiger partial charge in [-0.3, -0.25) is 0 Å². The molecule has 2 aromatic carbocycles. The Balaban J connectivity index is 1.38. The van der Waals surface area contributed by atoms with Crippen molar-refractivity contribution in [1.29, 1.82) is 0 Å².